The Bertz CT molecular complexity index is 468. The molecule has 1 N–H and O–H groups in total. The van der Waals surface area contributed by atoms with Crippen molar-refractivity contribution in [3.63, 3.8) is 0 Å². The van der Waals surface area contributed by atoms with Gasteiger partial charge in [-0.05, 0) is 19.9 Å². The van der Waals surface area contributed by atoms with Crippen LogP contribution in [0.5, 0.6) is 0 Å². The normalized spacial score (nSPS) is 14.6. The smallest absolute Gasteiger partial charge is 0.313 e. The molecular weight excluding hydrogens is 256 g/mol. The minimum Gasteiger partial charge on any atom is -0.314 e. The first-order chi connectivity index (χ1) is 9.34. The van der Waals surface area contributed by atoms with Gasteiger partial charge in [0, 0.05) is 24.9 Å². The maximum atomic E-state index is 11.5. The maximum absolute atomic E-state index is 11.5. The van der Waals surface area contributed by atoms with Gasteiger partial charge in [-0.15, -0.1) is 0 Å². The third kappa shape index (κ3) is 3.17. The Kier molecular flexibility index (Phi) is 5.68. The molecule has 0 saturated carbocycles. The number of rotatable bonds is 7. The Labute approximate surface area is 120 Å². The molecule has 0 radical (unpaired) electrons. The quantitative estimate of drug-likeness (QED) is 0.616. The highest BCUT2D eigenvalue weighted by Crippen LogP contribution is 2.36. The van der Waals surface area contributed by atoms with E-state index >= 15 is 0 Å². The van der Waals surface area contributed by atoms with Gasteiger partial charge < -0.3 is 5.32 Å². The third-order valence-corrected chi connectivity index (χ3v) is 3.74. The van der Waals surface area contributed by atoms with E-state index in [1.165, 1.54) is 0 Å². The van der Waals surface area contributed by atoms with Crippen LogP contribution < -0.4 is 5.32 Å². The maximum Gasteiger partial charge on any atom is 0.313 e. The summed E-state index contributed by atoms with van der Waals surface area (Å²) in [4.78, 5) is 11.2. The van der Waals surface area contributed by atoms with Gasteiger partial charge in [0.1, 0.15) is 11.4 Å². The molecule has 0 saturated heterocycles. The van der Waals surface area contributed by atoms with Crippen molar-refractivity contribution < 1.29 is 4.92 Å². The van der Waals surface area contributed by atoms with Crippen molar-refractivity contribution in [3.8, 4) is 0 Å². The number of hydrogen-bond acceptors (Lipinski definition) is 4. The van der Waals surface area contributed by atoms with E-state index in [-0.39, 0.29) is 28.5 Å². The summed E-state index contributed by atoms with van der Waals surface area (Å²) in [7, 11) is 1.80. The van der Waals surface area contributed by atoms with Crippen LogP contribution in [0, 0.1) is 10.1 Å². The van der Waals surface area contributed by atoms with Crippen LogP contribution in [0.25, 0.3) is 0 Å². The lowest BCUT2D eigenvalue weighted by Gasteiger charge is -2.23. The molecule has 6 nitrogen and oxygen atoms in total. The second-order valence-electron chi connectivity index (χ2n) is 5.52. The van der Waals surface area contributed by atoms with Crippen LogP contribution in [0.1, 0.15) is 64.3 Å². The van der Waals surface area contributed by atoms with E-state index in [1.54, 1.807) is 11.7 Å². The molecular formula is C14H26N4O2. The van der Waals surface area contributed by atoms with Crippen LogP contribution in [0.4, 0.5) is 5.69 Å². The van der Waals surface area contributed by atoms with Crippen molar-refractivity contribution in [2.45, 2.75) is 58.9 Å². The summed E-state index contributed by atoms with van der Waals surface area (Å²) in [6.07, 6.45) is 0.839. The molecule has 0 aromatic carbocycles. The van der Waals surface area contributed by atoms with Crippen LogP contribution in [0.15, 0.2) is 0 Å². The van der Waals surface area contributed by atoms with Gasteiger partial charge in [0.15, 0.2) is 0 Å². The standard InChI is InChI=1S/C14H26N4O2/c1-7-11(10(5)15-8-2)13-14(18(19)20)12(9(3)4)16-17(13)6/h9-11,15H,7-8H2,1-6H3. The number of likely N-dealkylation sites (N-methyl/N-ethyl adjacent to an activating group) is 1. The monoisotopic (exact) mass is 282 g/mol. The first-order valence-electron chi connectivity index (χ1n) is 7.29. The molecule has 2 unspecified atom stereocenters. The van der Waals surface area contributed by atoms with E-state index < -0.39 is 0 Å². The minimum absolute atomic E-state index is 0.0438. The topological polar surface area (TPSA) is 73.0 Å². The zero-order chi connectivity index (χ0) is 15.4. The third-order valence-electron chi connectivity index (χ3n) is 3.74. The number of nitrogens with one attached hydrogen (secondary N) is 1. The fourth-order valence-electron chi connectivity index (χ4n) is 2.79. The first-order valence-corrected chi connectivity index (χ1v) is 7.29. The fraction of sp³-hybridized carbons (Fsp3) is 0.786. The van der Waals surface area contributed by atoms with Crippen LogP contribution >= 0.6 is 0 Å². The van der Waals surface area contributed by atoms with E-state index in [0.29, 0.717) is 5.69 Å². The highest BCUT2D eigenvalue weighted by molar-refractivity contribution is 5.45. The van der Waals surface area contributed by atoms with E-state index in [4.69, 9.17) is 0 Å². The lowest BCUT2D eigenvalue weighted by atomic mass is 9.92. The molecule has 6 heteroatoms. The Balaban J connectivity index is 3.37. The van der Waals surface area contributed by atoms with Crippen molar-refractivity contribution in [2.24, 2.45) is 7.05 Å². The summed E-state index contributed by atoms with van der Waals surface area (Å²) >= 11 is 0. The number of nitrogens with zero attached hydrogens (tertiary/aromatic N) is 3. The molecule has 1 aromatic heterocycles. The van der Waals surface area contributed by atoms with Gasteiger partial charge in [0.25, 0.3) is 0 Å². The number of aryl methyl sites for hydroxylation is 1. The largest absolute Gasteiger partial charge is 0.314 e. The van der Waals surface area contributed by atoms with Gasteiger partial charge in [0.05, 0.1) is 4.92 Å². The molecule has 1 rings (SSSR count). The summed E-state index contributed by atoms with van der Waals surface area (Å²) in [5.41, 5.74) is 1.50. The average molecular weight is 282 g/mol. The van der Waals surface area contributed by atoms with Gasteiger partial charge >= 0.3 is 5.69 Å². The molecule has 20 heavy (non-hydrogen) atoms. The van der Waals surface area contributed by atoms with Crippen molar-refractivity contribution in [3.05, 3.63) is 21.5 Å². The van der Waals surface area contributed by atoms with Crippen molar-refractivity contribution >= 4 is 5.69 Å². The SMILES string of the molecule is CCNC(C)C(CC)c1c([N+](=O)[O-])c(C(C)C)nn1C. The second-order valence-corrected chi connectivity index (χ2v) is 5.52. The molecule has 1 heterocycles. The zero-order valence-corrected chi connectivity index (χ0v) is 13.3. The molecule has 2 atom stereocenters. The second kappa shape index (κ2) is 6.83. The average Bonchev–Trinajstić information content (AvgIpc) is 2.69. The van der Waals surface area contributed by atoms with Crippen LogP contribution in [-0.4, -0.2) is 27.3 Å². The van der Waals surface area contributed by atoms with Crippen LogP contribution in [0.3, 0.4) is 0 Å². The molecule has 1 aromatic rings. The summed E-state index contributed by atoms with van der Waals surface area (Å²) in [6, 6.07) is 0.180. The van der Waals surface area contributed by atoms with E-state index in [9.17, 15) is 10.1 Å². The molecule has 114 valence electrons. The Morgan fingerprint density at radius 2 is 1.95 bits per heavy atom. The highest BCUT2D eigenvalue weighted by atomic mass is 16.6. The van der Waals surface area contributed by atoms with Crippen molar-refractivity contribution in [1.29, 1.82) is 0 Å². The number of hydrogen-bond donors (Lipinski definition) is 1. The zero-order valence-electron chi connectivity index (χ0n) is 13.3. The summed E-state index contributed by atoms with van der Waals surface area (Å²) in [5, 5.41) is 19.2. The van der Waals surface area contributed by atoms with Gasteiger partial charge in [-0.1, -0.05) is 27.7 Å². The molecule has 0 fully saturated rings. The fourth-order valence-corrected chi connectivity index (χ4v) is 2.79. The molecule has 0 aliphatic heterocycles. The predicted molar refractivity (Wildman–Crippen MR) is 80.1 cm³/mol. The Morgan fingerprint density at radius 1 is 1.35 bits per heavy atom. The van der Waals surface area contributed by atoms with Gasteiger partial charge in [-0.25, -0.2) is 0 Å². The minimum atomic E-state index is -0.279. The highest BCUT2D eigenvalue weighted by Gasteiger charge is 2.34. The molecule has 0 bridgehead atoms. The van der Waals surface area contributed by atoms with E-state index in [1.807, 2.05) is 20.8 Å². The summed E-state index contributed by atoms with van der Waals surface area (Å²) < 4.78 is 1.69. The molecule has 0 aliphatic carbocycles. The molecule has 0 amide bonds. The van der Waals surface area contributed by atoms with Gasteiger partial charge in [0.2, 0.25) is 0 Å². The van der Waals surface area contributed by atoms with Crippen molar-refractivity contribution in [2.75, 3.05) is 6.54 Å². The first kappa shape index (κ1) is 16.6. The van der Waals surface area contributed by atoms with Crippen LogP contribution in [0.2, 0.25) is 0 Å². The lowest BCUT2D eigenvalue weighted by molar-refractivity contribution is -0.386. The molecule has 0 aliphatic rings. The van der Waals surface area contributed by atoms with E-state index in [0.717, 1.165) is 18.7 Å². The number of aromatic nitrogens is 2. The summed E-state index contributed by atoms with van der Waals surface area (Å²) in [6.45, 7) is 10.9. The summed E-state index contributed by atoms with van der Waals surface area (Å²) in [5.74, 6) is 0.127. The Hall–Kier alpha value is -1.43. The van der Waals surface area contributed by atoms with Crippen molar-refractivity contribution in [1.82, 2.24) is 15.1 Å². The Morgan fingerprint density at radius 3 is 2.35 bits per heavy atom. The predicted octanol–water partition coefficient (Wildman–Crippen LogP) is 2.94. The van der Waals surface area contributed by atoms with Gasteiger partial charge in [-0.3, -0.25) is 14.8 Å². The van der Waals surface area contributed by atoms with Crippen LogP contribution in [-0.2, 0) is 7.05 Å². The molecule has 0 spiro atoms. The van der Waals surface area contributed by atoms with E-state index in [2.05, 4.69) is 24.3 Å². The van der Waals surface area contributed by atoms with Gasteiger partial charge in [-0.2, -0.15) is 5.10 Å². The lowest BCUT2D eigenvalue weighted by Crippen LogP contribution is -2.33. The number of nitro groups is 1.